The molecule has 2 heteroatoms. The first-order chi connectivity index (χ1) is 19.4. The molecule has 4 atom stereocenters. The number of hydrogen-bond acceptors (Lipinski definition) is 2. The zero-order chi connectivity index (χ0) is 29.4. The maximum Gasteiger partial charge on any atom is 0.0572 e. The fraction of sp³-hybridized carbons (Fsp3) is 0.590. The Balaban J connectivity index is 1.15. The fourth-order valence-electron chi connectivity index (χ4n) is 7.95. The van der Waals surface area contributed by atoms with Crippen molar-refractivity contribution < 1.29 is 0 Å². The van der Waals surface area contributed by atoms with E-state index < -0.39 is 0 Å². The Morgan fingerprint density at radius 1 is 0.951 bits per heavy atom. The number of piperidine rings is 2. The van der Waals surface area contributed by atoms with E-state index in [1.165, 1.54) is 66.6 Å². The molecule has 0 spiro atoms. The highest BCUT2D eigenvalue weighted by molar-refractivity contribution is 5.38. The third-order valence-electron chi connectivity index (χ3n) is 10.8. The highest BCUT2D eigenvalue weighted by atomic mass is 15.2. The maximum atomic E-state index is 4.64. The highest BCUT2D eigenvalue weighted by Crippen LogP contribution is 2.45. The highest BCUT2D eigenvalue weighted by Gasteiger charge is 2.49. The summed E-state index contributed by atoms with van der Waals surface area (Å²) < 4.78 is 0. The first kappa shape index (κ1) is 30.0. The standard InChI is InChI=1S/C39H56N2/c1-9-38(8)25-34-19-18-32(23-35(34)26-38)13-11-30(4)41-27-39(21-20-36(41)22-28(39)2)40-29(3)10-12-31-14-16-33(17-15-31)24-37(5,6)7/h14-19,23,28,36,40H,3-4,9-13,20-22,24-27H2,1-2,5-8H3. The van der Waals surface area contributed by atoms with Gasteiger partial charge in [-0.15, -0.1) is 0 Å². The van der Waals surface area contributed by atoms with Crippen LogP contribution in [0, 0.1) is 16.7 Å². The summed E-state index contributed by atoms with van der Waals surface area (Å²) in [4.78, 5) is 2.67. The molecule has 0 amide bonds. The van der Waals surface area contributed by atoms with Gasteiger partial charge in [0.05, 0.1) is 5.54 Å². The molecule has 2 aromatic rings. The topological polar surface area (TPSA) is 15.3 Å². The summed E-state index contributed by atoms with van der Waals surface area (Å²) in [5.41, 5.74) is 10.9. The van der Waals surface area contributed by atoms with Gasteiger partial charge in [-0.25, -0.2) is 0 Å². The number of benzene rings is 2. The van der Waals surface area contributed by atoms with Gasteiger partial charge in [0.2, 0.25) is 0 Å². The lowest BCUT2D eigenvalue weighted by Crippen LogP contribution is -2.67. The van der Waals surface area contributed by atoms with Gasteiger partial charge in [-0.2, -0.15) is 0 Å². The largest absolute Gasteiger partial charge is 0.381 e. The summed E-state index contributed by atoms with van der Waals surface area (Å²) >= 11 is 0. The Kier molecular flexibility index (Phi) is 8.53. The quantitative estimate of drug-likeness (QED) is 0.299. The molecule has 2 heterocycles. The van der Waals surface area contributed by atoms with Gasteiger partial charge < -0.3 is 10.2 Å². The molecule has 41 heavy (non-hydrogen) atoms. The second-order valence-electron chi connectivity index (χ2n) is 15.6. The number of allylic oxidation sites excluding steroid dienone is 2. The van der Waals surface area contributed by atoms with Gasteiger partial charge in [0, 0.05) is 24.0 Å². The summed E-state index contributed by atoms with van der Waals surface area (Å²) in [5, 5.41) is 4.01. The zero-order valence-electron chi connectivity index (χ0n) is 27.0. The van der Waals surface area contributed by atoms with Gasteiger partial charge in [-0.1, -0.05) is 104 Å². The summed E-state index contributed by atoms with van der Waals surface area (Å²) in [6.07, 6.45) is 12.8. The molecule has 2 aliphatic carbocycles. The number of aryl methyl sites for hydroxylation is 2. The molecule has 2 aromatic carbocycles. The second-order valence-corrected chi connectivity index (χ2v) is 15.6. The number of hydrogen-bond donors (Lipinski definition) is 1. The first-order valence-corrected chi connectivity index (χ1v) is 16.5. The summed E-state index contributed by atoms with van der Waals surface area (Å²) in [7, 11) is 0. The lowest BCUT2D eigenvalue weighted by atomic mass is 9.66. The molecular formula is C39H56N2. The van der Waals surface area contributed by atoms with Crippen molar-refractivity contribution in [2.75, 3.05) is 6.54 Å². The molecule has 4 unspecified atom stereocenters. The van der Waals surface area contributed by atoms with E-state index in [9.17, 15) is 0 Å². The van der Waals surface area contributed by atoms with Crippen LogP contribution in [-0.4, -0.2) is 23.0 Å². The minimum Gasteiger partial charge on any atom is -0.381 e. The van der Waals surface area contributed by atoms with E-state index in [-0.39, 0.29) is 5.54 Å². The van der Waals surface area contributed by atoms with Gasteiger partial charge in [-0.05, 0) is 109 Å². The van der Waals surface area contributed by atoms with Crippen LogP contribution < -0.4 is 5.32 Å². The van der Waals surface area contributed by atoms with E-state index in [4.69, 9.17) is 0 Å². The van der Waals surface area contributed by atoms with Crippen LogP contribution in [0.4, 0.5) is 0 Å². The van der Waals surface area contributed by atoms with Crippen molar-refractivity contribution in [1.29, 1.82) is 0 Å². The summed E-state index contributed by atoms with van der Waals surface area (Å²) in [6.45, 7) is 24.4. The van der Waals surface area contributed by atoms with Gasteiger partial charge in [0.1, 0.15) is 0 Å². The summed E-state index contributed by atoms with van der Waals surface area (Å²) in [6, 6.07) is 17.2. The molecule has 4 aliphatic rings. The van der Waals surface area contributed by atoms with Crippen LogP contribution in [0.25, 0.3) is 0 Å². The Labute approximate surface area is 251 Å². The van der Waals surface area contributed by atoms with Crippen molar-refractivity contribution in [1.82, 2.24) is 10.2 Å². The van der Waals surface area contributed by atoms with E-state index in [1.807, 2.05) is 0 Å². The predicted molar refractivity (Wildman–Crippen MR) is 176 cm³/mol. The maximum absolute atomic E-state index is 4.64. The third-order valence-corrected chi connectivity index (χ3v) is 10.8. The summed E-state index contributed by atoms with van der Waals surface area (Å²) in [5.74, 6) is 0.656. The van der Waals surface area contributed by atoms with Crippen LogP contribution in [0.2, 0.25) is 0 Å². The fourth-order valence-corrected chi connectivity index (χ4v) is 7.95. The van der Waals surface area contributed by atoms with Gasteiger partial charge >= 0.3 is 0 Å². The molecular weight excluding hydrogens is 496 g/mol. The van der Waals surface area contributed by atoms with Crippen LogP contribution in [-0.2, 0) is 32.1 Å². The zero-order valence-corrected chi connectivity index (χ0v) is 27.0. The Morgan fingerprint density at radius 2 is 1.61 bits per heavy atom. The predicted octanol–water partition coefficient (Wildman–Crippen LogP) is 9.22. The third kappa shape index (κ3) is 6.95. The average molecular weight is 553 g/mol. The number of fused-ring (bicyclic) bond motifs is 4. The van der Waals surface area contributed by atoms with Gasteiger partial charge in [-0.3, -0.25) is 0 Å². The molecule has 2 bridgehead atoms. The van der Waals surface area contributed by atoms with Crippen LogP contribution in [0.15, 0.2) is 67.0 Å². The van der Waals surface area contributed by atoms with Gasteiger partial charge in [0.25, 0.3) is 0 Å². The minimum absolute atomic E-state index is 0.115. The van der Waals surface area contributed by atoms with E-state index in [1.54, 1.807) is 11.1 Å². The lowest BCUT2D eigenvalue weighted by molar-refractivity contribution is -0.00521. The van der Waals surface area contributed by atoms with Crippen molar-refractivity contribution in [3.05, 3.63) is 94.8 Å². The lowest BCUT2D eigenvalue weighted by Gasteiger charge is -2.58. The number of rotatable bonds is 11. The first-order valence-electron chi connectivity index (χ1n) is 16.5. The van der Waals surface area contributed by atoms with Gasteiger partial charge in [0.15, 0.2) is 0 Å². The Morgan fingerprint density at radius 3 is 2.29 bits per heavy atom. The average Bonchev–Trinajstić information content (AvgIpc) is 3.27. The van der Waals surface area contributed by atoms with Crippen LogP contribution in [0.3, 0.4) is 0 Å². The van der Waals surface area contributed by atoms with Crippen molar-refractivity contribution in [3.8, 4) is 0 Å². The minimum atomic E-state index is 0.115. The van der Waals surface area contributed by atoms with Crippen molar-refractivity contribution in [2.24, 2.45) is 16.7 Å². The van der Waals surface area contributed by atoms with Crippen molar-refractivity contribution in [3.63, 3.8) is 0 Å². The van der Waals surface area contributed by atoms with E-state index in [2.05, 4.69) is 107 Å². The molecule has 2 aliphatic heterocycles. The van der Waals surface area contributed by atoms with Crippen molar-refractivity contribution >= 4 is 0 Å². The monoisotopic (exact) mass is 552 g/mol. The molecule has 1 N–H and O–H groups in total. The molecule has 0 aromatic heterocycles. The van der Waals surface area contributed by atoms with E-state index >= 15 is 0 Å². The van der Waals surface area contributed by atoms with Crippen molar-refractivity contribution in [2.45, 2.75) is 124 Å². The van der Waals surface area contributed by atoms with Crippen LogP contribution >= 0.6 is 0 Å². The number of nitrogens with one attached hydrogen (secondary N) is 1. The molecule has 1 saturated carbocycles. The number of nitrogens with zero attached hydrogens (tertiary/aromatic N) is 1. The Hall–Kier alpha value is -2.48. The van der Waals surface area contributed by atoms with E-state index in [0.29, 0.717) is 22.8 Å². The molecule has 6 rings (SSSR count). The molecule has 3 fully saturated rings. The smallest absolute Gasteiger partial charge is 0.0572 e. The SMILES string of the molecule is C=C(CCc1ccc(CC(C)(C)C)cc1)NC12CCC(CC1C)N(C(=C)CCc1ccc3c(c1)CC(C)(CC)C3)C2. The molecule has 0 radical (unpaired) electrons. The molecule has 222 valence electrons. The molecule has 2 nitrogen and oxygen atoms in total. The second kappa shape index (κ2) is 11.7. The normalized spacial score (nSPS) is 27.1. The molecule has 2 saturated heterocycles. The Bertz CT molecular complexity index is 1250. The van der Waals surface area contributed by atoms with Crippen LogP contribution in [0.1, 0.15) is 108 Å². The van der Waals surface area contributed by atoms with Crippen LogP contribution in [0.5, 0.6) is 0 Å². The van der Waals surface area contributed by atoms with E-state index in [0.717, 1.165) is 38.6 Å².